The van der Waals surface area contributed by atoms with Crippen LogP contribution >= 0.6 is 0 Å². The largest absolute Gasteiger partial charge is 0.282 e. The van der Waals surface area contributed by atoms with Gasteiger partial charge in [-0.1, -0.05) is 26.8 Å². The molecule has 0 N–H and O–H groups in total. The summed E-state index contributed by atoms with van der Waals surface area (Å²) in [6.45, 7) is 6.05. The Balaban J connectivity index is 2.81. The van der Waals surface area contributed by atoms with Crippen LogP contribution in [0, 0.1) is 4.91 Å². The number of nitrogens with zero attached hydrogens (tertiary/aromatic N) is 3. The van der Waals surface area contributed by atoms with E-state index in [1.165, 1.54) is 0 Å². The first-order valence-electron chi connectivity index (χ1n) is 4.85. The second-order valence-corrected chi connectivity index (χ2v) is 4.55. The summed E-state index contributed by atoms with van der Waals surface area (Å²) in [4.78, 5) is 15.3. The van der Waals surface area contributed by atoms with Gasteiger partial charge < -0.3 is 0 Å². The zero-order valence-electron chi connectivity index (χ0n) is 9.06. The van der Waals surface area contributed by atoms with E-state index in [-0.39, 0.29) is 5.41 Å². The third-order valence-electron chi connectivity index (χ3n) is 2.30. The SMILES string of the molecule is CC(C)(C)c1nc2ccccn2c1N=O. The van der Waals surface area contributed by atoms with Crippen molar-refractivity contribution in [1.82, 2.24) is 9.38 Å². The summed E-state index contributed by atoms with van der Waals surface area (Å²) in [5, 5.41) is 3.08. The van der Waals surface area contributed by atoms with E-state index >= 15 is 0 Å². The summed E-state index contributed by atoms with van der Waals surface area (Å²) in [6.07, 6.45) is 1.80. The lowest BCUT2D eigenvalue weighted by atomic mass is 9.92. The summed E-state index contributed by atoms with van der Waals surface area (Å²) in [5.74, 6) is 0.401. The van der Waals surface area contributed by atoms with Crippen LogP contribution in [-0.4, -0.2) is 9.38 Å². The molecule has 0 aliphatic rings. The van der Waals surface area contributed by atoms with Gasteiger partial charge in [0, 0.05) is 11.6 Å². The monoisotopic (exact) mass is 203 g/mol. The molecule has 15 heavy (non-hydrogen) atoms. The maximum absolute atomic E-state index is 10.8. The lowest BCUT2D eigenvalue weighted by Gasteiger charge is -2.14. The highest BCUT2D eigenvalue weighted by atomic mass is 16.3. The van der Waals surface area contributed by atoms with Crippen LogP contribution < -0.4 is 0 Å². The van der Waals surface area contributed by atoms with Crippen molar-refractivity contribution in [3.8, 4) is 0 Å². The first-order valence-corrected chi connectivity index (χ1v) is 4.85. The molecule has 0 fully saturated rings. The van der Waals surface area contributed by atoms with Crippen molar-refractivity contribution in [2.24, 2.45) is 5.18 Å². The fourth-order valence-electron chi connectivity index (χ4n) is 1.57. The van der Waals surface area contributed by atoms with Gasteiger partial charge in [0.2, 0.25) is 5.82 Å². The number of hydrogen-bond donors (Lipinski definition) is 0. The second kappa shape index (κ2) is 3.15. The van der Waals surface area contributed by atoms with Crippen molar-refractivity contribution in [2.45, 2.75) is 26.2 Å². The molecule has 0 spiro atoms. The van der Waals surface area contributed by atoms with Gasteiger partial charge in [-0.15, -0.1) is 4.91 Å². The molecule has 0 radical (unpaired) electrons. The summed E-state index contributed by atoms with van der Waals surface area (Å²) in [6, 6.07) is 5.61. The third kappa shape index (κ3) is 1.52. The van der Waals surface area contributed by atoms with E-state index in [9.17, 15) is 4.91 Å². The maximum Gasteiger partial charge on any atom is 0.205 e. The molecule has 4 heteroatoms. The Hall–Kier alpha value is -1.71. The molecular weight excluding hydrogens is 190 g/mol. The number of hydrogen-bond acceptors (Lipinski definition) is 3. The highest BCUT2D eigenvalue weighted by molar-refractivity contribution is 5.53. The molecule has 0 amide bonds. The van der Waals surface area contributed by atoms with Crippen molar-refractivity contribution >= 4 is 11.5 Å². The average molecular weight is 203 g/mol. The zero-order chi connectivity index (χ0) is 11.1. The fourth-order valence-corrected chi connectivity index (χ4v) is 1.57. The van der Waals surface area contributed by atoms with Gasteiger partial charge >= 0.3 is 0 Å². The first kappa shape index (κ1) is 9.83. The molecule has 2 aromatic heterocycles. The number of rotatable bonds is 1. The fraction of sp³-hybridized carbons (Fsp3) is 0.364. The van der Waals surface area contributed by atoms with E-state index in [4.69, 9.17) is 0 Å². The van der Waals surface area contributed by atoms with Crippen LogP contribution in [0.25, 0.3) is 5.65 Å². The molecule has 2 aromatic rings. The van der Waals surface area contributed by atoms with E-state index in [1.54, 1.807) is 10.6 Å². The molecule has 0 aliphatic heterocycles. The highest BCUT2D eigenvalue weighted by Crippen LogP contribution is 2.31. The number of pyridine rings is 1. The second-order valence-electron chi connectivity index (χ2n) is 4.55. The highest BCUT2D eigenvalue weighted by Gasteiger charge is 2.24. The third-order valence-corrected chi connectivity index (χ3v) is 2.30. The minimum absolute atomic E-state index is 0.171. The first-order chi connectivity index (χ1) is 7.04. The van der Waals surface area contributed by atoms with Crippen LogP contribution in [0.1, 0.15) is 26.5 Å². The number of nitroso groups, excluding NO2 is 1. The van der Waals surface area contributed by atoms with Crippen LogP contribution in [0.4, 0.5) is 5.82 Å². The molecule has 0 saturated heterocycles. The van der Waals surface area contributed by atoms with E-state index in [1.807, 2.05) is 39.0 Å². The Labute approximate surface area is 87.9 Å². The Morgan fingerprint density at radius 3 is 2.67 bits per heavy atom. The Bertz CT molecular complexity index is 508. The molecule has 78 valence electrons. The lowest BCUT2D eigenvalue weighted by Crippen LogP contribution is -2.11. The smallest absolute Gasteiger partial charge is 0.205 e. The zero-order valence-corrected chi connectivity index (χ0v) is 9.06. The number of imidazole rings is 1. The normalized spacial score (nSPS) is 11.9. The van der Waals surface area contributed by atoms with Gasteiger partial charge in [-0.05, 0) is 17.3 Å². The molecule has 0 atom stereocenters. The van der Waals surface area contributed by atoms with Crippen molar-refractivity contribution in [2.75, 3.05) is 0 Å². The van der Waals surface area contributed by atoms with Crippen molar-refractivity contribution in [3.63, 3.8) is 0 Å². The van der Waals surface area contributed by atoms with Gasteiger partial charge in [0.05, 0.1) is 5.69 Å². The van der Waals surface area contributed by atoms with E-state index < -0.39 is 0 Å². The topological polar surface area (TPSA) is 46.7 Å². The molecule has 0 aliphatic carbocycles. The molecule has 0 bridgehead atoms. The average Bonchev–Trinajstić information content (AvgIpc) is 2.55. The molecule has 4 nitrogen and oxygen atoms in total. The van der Waals surface area contributed by atoms with Gasteiger partial charge in [-0.3, -0.25) is 4.40 Å². The van der Waals surface area contributed by atoms with Crippen molar-refractivity contribution in [1.29, 1.82) is 0 Å². The van der Waals surface area contributed by atoms with Crippen LogP contribution in [-0.2, 0) is 5.41 Å². The van der Waals surface area contributed by atoms with Crippen molar-refractivity contribution < 1.29 is 0 Å². The maximum atomic E-state index is 10.8. The Kier molecular flexibility index (Phi) is 2.07. The minimum atomic E-state index is -0.171. The number of fused-ring (bicyclic) bond motifs is 1. The van der Waals surface area contributed by atoms with Crippen LogP contribution in [0.15, 0.2) is 29.6 Å². The number of aromatic nitrogens is 2. The molecule has 0 aromatic carbocycles. The van der Waals surface area contributed by atoms with Gasteiger partial charge in [0.25, 0.3) is 0 Å². The van der Waals surface area contributed by atoms with Gasteiger partial charge in [0.1, 0.15) is 5.65 Å². The van der Waals surface area contributed by atoms with Gasteiger partial charge in [-0.25, -0.2) is 4.98 Å². The van der Waals surface area contributed by atoms with Gasteiger partial charge in [-0.2, -0.15) is 0 Å². The summed E-state index contributed by atoms with van der Waals surface area (Å²) >= 11 is 0. The van der Waals surface area contributed by atoms with Crippen LogP contribution in [0.5, 0.6) is 0 Å². The molecular formula is C11H13N3O. The van der Waals surface area contributed by atoms with Gasteiger partial charge in [0.15, 0.2) is 0 Å². The minimum Gasteiger partial charge on any atom is -0.282 e. The Morgan fingerprint density at radius 1 is 1.33 bits per heavy atom. The summed E-state index contributed by atoms with van der Waals surface area (Å²) in [7, 11) is 0. The van der Waals surface area contributed by atoms with Crippen molar-refractivity contribution in [3.05, 3.63) is 35.0 Å². The molecule has 2 heterocycles. The molecule has 0 saturated carbocycles. The molecule has 0 unspecified atom stereocenters. The van der Waals surface area contributed by atoms with E-state index in [2.05, 4.69) is 10.2 Å². The van der Waals surface area contributed by atoms with E-state index in [0.29, 0.717) is 5.82 Å². The van der Waals surface area contributed by atoms with Crippen LogP contribution in [0.2, 0.25) is 0 Å². The quantitative estimate of drug-likeness (QED) is 0.669. The Morgan fingerprint density at radius 2 is 2.07 bits per heavy atom. The predicted molar refractivity (Wildman–Crippen MR) is 59.3 cm³/mol. The lowest BCUT2D eigenvalue weighted by molar-refractivity contribution is 0.574. The standard InChI is InChI=1S/C11H13N3O/c1-11(2,3)9-10(13-15)14-7-5-4-6-8(14)12-9/h4-7H,1-3H3. The van der Waals surface area contributed by atoms with E-state index in [0.717, 1.165) is 11.3 Å². The summed E-state index contributed by atoms with van der Waals surface area (Å²) in [5.41, 5.74) is 1.33. The predicted octanol–water partition coefficient (Wildman–Crippen LogP) is 3.03. The van der Waals surface area contributed by atoms with Crippen LogP contribution in [0.3, 0.4) is 0 Å². The molecule has 2 rings (SSSR count). The summed E-state index contributed by atoms with van der Waals surface area (Å²) < 4.78 is 1.72.